The first kappa shape index (κ1) is 9.81. The number of hydrogen-bond donors (Lipinski definition) is 2. The number of hydrogen-bond acceptors (Lipinski definition) is 2. The molecule has 0 bridgehead atoms. The molecule has 1 rings (SSSR count). The predicted octanol–water partition coefficient (Wildman–Crippen LogP) is 2.06. The van der Waals surface area contributed by atoms with Crippen LogP contribution in [0.25, 0.3) is 0 Å². The fourth-order valence-electron chi connectivity index (χ4n) is 1.21. The molecule has 0 aliphatic heterocycles. The summed E-state index contributed by atoms with van der Waals surface area (Å²) in [4.78, 5) is 0. The normalized spacial score (nSPS) is 15.0. The van der Waals surface area contributed by atoms with E-state index in [1.54, 1.807) is 12.1 Å². The van der Waals surface area contributed by atoms with Gasteiger partial charge in [-0.1, -0.05) is 18.2 Å². The van der Waals surface area contributed by atoms with E-state index in [9.17, 15) is 5.11 Å². The lowest BCUT2D eigenvalue weighted by Gasteiger charge is -2.21. The molecule has 0 unspecified atom stereocenters. The third-order valence-electron chi connectivity index (χ3n) is 2.16. The van der Waals surface area contributed by atoms with Crippen molar-refractivity contribution in [2.75, 3.05) is 0 Å². The van der Waals surface area contributed by atoms with Crippen LogP contribution in [0, 0.1) is 6.92 Å². The van der Waals surface area contributed by atoms with Crippen LogP contribution in [0.1, 0.15) is 18.1 Å². The van der Waals surface area contributed by atoms with E-state index in [4.69, 9.17) is 5.73 Å². The summed E-state index contributed by atoms with van der Waals surface area (Å²) in [5, 5.41) is 9.63. The zero-order valence-corrected chi connectivity index (χ0v) is 8.04. The minimum atomic E-state index is -0.669. The van der Waals surface area contributed by atoms with Crippen LogP contribution in [0.15, 0.2) is 30.9 Å². The molecular weight excluding hydrogens is 162 g/mol. The molecule has 3 N–H and O–H groups in total. The van der Waals surface area contributed by atoms with Crippen molar-refractivity contribution in [2.24, 2.45) is 5.73 Å². The zero-order chi connectivity index (χ0) is 10.1. The third-order valence-corrected chi connectivity index (χ3v) is 2.16. The fraction of sp³-hybridized carbons (Fsp3) is 0.273. The lowest BCUT2D eigenvalue weighted by molar-refractivity contribution is 0.451. The summed E-state index contributed by atoms with van der Waals surface area (Å²) >= 11 is 0. The average Bonchev–Trinajstić information content (AvgIpc) is 2.03. The van der Waals surface area contributed by atoms with Crippen molar-refractivity contribution < 1.29 is 5.11 Å². The number of aryl methyl sites for hydroxylation is 1. The highest BCUT2D eigenvalue weighted by Crippen LogP contribution is 2.28. The van der Waals surface area contributed by atoms with Gasteiger partial charge < -0.3 is 10.8 Å². The maximum atomic E-state index is 9.63. The molecule has 2 nitrogen and oxygen atoms in total. The minimum absolute atomic E-state index is 0.227. The Morgan fingerprint density at radius 1 is 1.54 bits per heavy atom. The number of aromatic hydroxyl groups is 1. The topological polar surface area (TPSA) is 46.2 Å². The standard InChI is InChI=1S/C11H15NO/c1-4-11(3,12)9-6-5-8(2)7-10(9)13/h4-7,13H,1,12H2,2-3H3/t11-/m1/s1. The van der Waals surface area contributed by atoms with E-state index < -0.39 is 5.54 Å². The SMILES string of the molecule is C=C[C@@](C)(N)c1ccc(C)cc1O. The number of phenols is 1. The molecule has 0 aliphatic rings. The van der Waals surface area contributed by atoms with Gasteiger partial charge in [-0.05, 0) is 25.5 Å². The Labute approximate surface area is 78.7 Å². The molecule has 70 valence electrons. The van der Waals surface area contributed by atoms with Crippen molar-refractivity contribution >= 4 is 0 Å². The minimum Gasteiger partial charge on any atom is -0.508 e. The van der Waals surface area contributed by atoms with Crippen LogP contribution in [0.3, 0.4) is 0 Å². The van der Waals surface area contributed by atoms with Crippen LogP contribution >= 0.6 is 0 Å². The molecule has 0 aromatic heterocycles. The van der Waals surface area contributed by atoms with Gasteiger partial charge in [0.05, 0.1) is 5.54 Å². The summed E-state index contributed by atoms with van der Waals surface area (Å²) in [6, 6.07) is 5.44. The Hall–Kier alpha value is -1.28. The van der Waals surface area contributed by atoms with E-state index >= 15 is 0 Å². The van der Waals surface area contributed by atoms with Crippen LogP contribution in [-0.4, -0.2) is 5.11 Å². The van der Waals surface area contributed by atoms with Gasteiger partial charge in [0.2, 0.25) is 0 Å². The number of benzene rings is 1. The molecule has 0 spiro atoms. The number of nitrogens with two attached hydrogens (primary N) is 1. The van der Waals surface area contributed by atoms with Crippen LogP contribution in [-0.2, 0) is 5.54 Å². The van der Waals surface area contributed by atoms with Crippen molar-refractivity contribution in [3.63, 3.8) is 0 Å². The van der Waals surface area contributed by atoms with Gasteiger partial charge in [-0.2, -0.15) is 0 Å². The molecule has 0 aliphatic carbocycles. The van der Waals surface area contributed by atoms with E-state index in [0.29, 0.717) is 5.56 Å². The summed E-state index contributed by atoms with van der Waals surface area (Å²) in [7, 11) is 0. The lowest BCUT2D eigenvalue weighted by Crippen LogP contribution is -2.30. The first-order chi connectivity index (χ1) is 5.97. The second kappa shape index (κ2) is 3.23. The summed E-state index contributed by atoms with van der Waals surface area (Å²) in [5.41, 5.74) is 6.96. The Morgan fingerprint density at radius 2 is 2.15 bits per heavy atom. The second-order valence-electron chi connectivity index (χ2n) is 3.51. The Morgan fingerprint density at radius 3 is 2.62 bits per heavy atom. The highest BCUT2D eigenvalue weighted by atomic mass is 16.3. The summed E-state index contributed by atoms with van der Waals surface area (Å²) in [5.74, 6) is 0.227. The monoisotopic (exact) mass is 177 g/mol. The quantitative estimate of drug-likeness (QED) is 0.679. The van der Waals surface area contributed by atoms with Crippen LogP contribution in [0.2, 0.25) is 0 Å². The van der Waals surface area contributed by atoms with Crippen molar-refractivity contribution in [1.29, 1.82) is 0 Å². The molecule has 1 aromatic carbocycles. The Kier molecular flexibility index (Phi) is 2.43. The molecule has 13 heavy (non-hydrogen) atoms. The highest BCUT2D eigenvalue weighted by Gasteiger charge is 2.19. The lowest BCUT2D eigenvalue weighted by atomic mass is 9.92. The largest absolute Gasteiger partial charge is 0.508 e. The zero-order valence-electron chi connectivity index (χ0n) is 8.04. The summed E-state index contributed by atoms with van der Waals surface area (Å²) in [6.07, 6.45) is 1.62. The van der Waals surface area contributed by atoms with Gasteiger partial charge in [0.25, 0.3) is 0 Å². The van der Waals surface area contributed by atoms with E-state index in [1.807, 2.05) is 26.0 Å². The second-order valence-corrected chi connectivity index (χ2v) is 3.51. The molecule has 0 fully saturated rings. The van der Waals surface area contributed by atoms with Gasteiger partial charge in [-0.25, -0.2) is 0 Å². The Balaban J connectivity index is 3.23. The highest BCUT2D eigenvalue weighted by molar-refractivity contribution is 5.42. The molecule has 1 atom stereocenters. The molecule has 0 amide bonds. The van der Waals surface area contributed by atoms with Crippen molar-refractivity contribution in [3.05, 3.63) is 42.0 Å². The van der Waals surface area contributed by atoms with Crippen LogP contribution in [0.5, 0.6) is 5.75 Å². The number of rotatable bonds is 2. The molecule has 1 aromatic rings. The molecular formula is C11H15NO. The predicted molar refractivity (Wildman–Crippen MR) is 54.6 cm³/mol. The first-order valence-corrected chi connectivity index (χ1v) is 4.20. The van der Waals surface area contributed by atoms with Crippen molar-refractivity contribution in [3.8, 4) is 5.75 Å². The van der Waals surface area contributed by atoms with E-state index in [2.05, 4.69) is 6.58 Å². The van der Waals surface area contributed by atoms with Gasteiger partial charge in [0.15, 0.2) is 0 Å². The van der Waals surface area contributed by atoms with Crippen LogP contribution < -0.4 is 5.73 Å². The van der Waals surface area contributed by atoms with Gasteiger partial charge in [0, 0.05) is 5.56 Å². The van der Waals surface area contributed by atoms with Gasteiger partial charge >= 0.3 is 0 Å². The molecule has 0 heterocycles. The van der Waals surface area contributed by atoms with E-state index in [1.165, 1.54) is 0 Å². The smallest absolute Gasteiger partial charge is 0.121 e. The van der Waals surface area contributed by atoms with Gasteiger partial charge in [-0.3, -0.25) is 0 Å². The Bertz CT molecular complexity index is 329. The van der Waals surface area contributed by atoms with E-state index in [0.717, 1.165) is 5.56 Å². The summed E-state index contributed by atoms with van der Waals surface area (Å²) < 4.78 is 0. The molecule has 0 saturated heterocycles. The average molecular weight is 177 g/mol. The maximum Gasteiger partial charge on any atom is 0.121 e. The first-order valence-electron chi connectivity index (χ1n) is 4.20. The maximum absolute atomic E-state index is 9.63. The molecule has 0 radical (unpaired) electrons. The van der Waals surface area contributed by atoms with Crippen molar-refractivity contribution in [1.82, 2.24) is 0 Å². The van der Waals surface area contributed by atoms with E-state index in [-0.39, 0.29) is 5.75 Å². The number of phenolic OH excluding ortho intramolecular Hbond substituents is 1. The molecule has 2 heteroatoms. The molecule has 0 saturated carbocycles. The summed E-state index contributed by atoms with van der Waals surface area (Å²) in [6.45, 7) is 7.37. The third kappa shape index (κ3) is 1.90. The van der Waals surface area contributed by atoms with Gasteiger partial charge in [0.1, 0.15) is 5.75 Å². The van der Waals surface area contributed by atoms with Crippen LogP contribution in [0.4, 0.5) is 0 Å². The fourth-order valence-corrected chi connectivity index (χ4v) is 1.21. The van der Waals surface area contributed by atoms with Crippen molar-refractivity contribution in [2.45, 2.75) is 19.4 Å². The van der Waals surface area contributed by atoms with Gasteiger partial charge in [-0.15, -0.1) is 6.58 Å².